The first-order valence-electron chi connectivity index (χ1n) is 2.11. The summed E-state index contributed by atoms with van der Waals surface area (Å²) >= 11 is 1.47. The summed E-state index contributed by atoms with van der Waals surface area (Å²) in [5.41, 5.74) is 0. The SMILES string of the molecule is C[CH]Sc1nnn[nH]1. The molecule has 0 bridgehead atoms. The molecule has 0 atom stereocenters. The van der Waals surface area contributed by atoms with E-state index in [0.29, 0.717) is 0 Å². The number of H-pyrrole nitrogens is 1. The highest BCUT2D eigenvalue weighted by Gasteiger charge is 1.91. The van der Waals surface area contributed by atoms with Crippen LogP contribution in [0.25, 0.3) is 0 Å². The fourth-order valence-electron chi connectivity index (χ4n) is 0.312. The van der Waals surface area contributed by atoms with Gasteiger partial charge in [-0.05, 0) is 10.4 Å². The summed E-state index contributed by atoms with van der Waals surface area (Å²) in [6.07, 6.45) is 0. The van der Waals surface area contributed by atoms with Crippen molar-refractivity contribution in [3.63, 3.8) is 0 Å². The van der Waals surface area contributed by atoms with Crippen LogP contribution in [0.1, 0.15) is 6.92 Å². The van der Waals surface area contributed by atoms with Crippen LogP contribution in [0.2, 0.25) is 0 Å². The Morgan fingerprint density at radius 2 is 2.62 bits per heavy atom. The molecule has 43 valence electrons. The monoisotopic (exact) mass is 129 g/mol. The lowest BCUT2D eigenvalue weighted by molar-refractivity contribution is 0.881. The lowest BCUT2D eigenvalue weighted by Gasteiger charge is -1.81. The number of tetrazole rings is 1. The first-order chi connectivity index (χ1) is 3.93. The molecule has 1 rings (SSSR count). The Morgan fingerprint density at radius 3 is 3.12 bits per heavy atom. The van der Waals surface area contributed by atoms with Crippen molar-refractivity contribution in [3.8, 4) is 0 Å². The van der Waals surface area contributed by atoms with Crippen molar-refractivity contribution < 1.29 is 0 Å². The van der Waals surface area contributed by atoms with E-state index < -0.39 is 0 Å². The van der Waals surface area contributed by atoms with Crippen LogP contribution in [0, 0.1) is 5.75 Å². The minimum Gasteiger partial charge on any atom is -0.234 e. The molecule has 1 heterocycles. The predicted molar refractivity (Wildman–Crippen MR) is 30.0 cm³/mol. The number of thioether (sulfide) groups is 1. The number of rotatable bonds is 2. The van der Waals surface area contributed by atoms with E-state index >= 15 is 0 Å². The van der Waals surface area contributed by atoms with E-state index in [1.165, 1.54) is 11.8 Å². The van der Waals surface area contributed by atoms with E-state index in [9.17, 15) is 0 Å². The van der Waals surface area contributed by atoms with Crippen molar-refractivity contribution in [2.75, 3.05) is 0 Å². The normalized spacial score (nSPS) is 9.62. The maximum Gasteiger partial charge on any atom is 0.206 e. The number of hydrogen-bond donors (Lipinski definition) is 1. The van der Waals surface area contributed by atoms with Gasteiger partial charge in [-0.25, -0.2) is 5.10 Å². The highest BCUT2D eigenvalue weighted by molar-refractivity contribution is 8.01. The minimum atomic E-state index is 0.729. The Morgan fingerprint density at radius 1 is 1.75 bits per heavy atom. The maximum atomic E-state index is 3.62. The zero-order valence-corrected chi connectivity index (χ0v) is 5.14. The average molecular weight is 129 g/mol. The molecule has 0 aliphatic carbocycles. The third-order valence-corrected chi connectivity index (χ3v) is 1.19. The molecule has 0 saturated heterocycles. The Balaban J connectivity index is 2.50. The first kappa shape index (κ1) is 5.55. The van der Waals surface area contributed by atoms with E-state index in [1.54, 1.807) is 0 Å². The fraction of sp³-hybridized carbons (Fsp3) is 0.333. The number of nitrogens with zero attached hydrogens (tertiary/aromatic N) is 3. The molecule has 1 aromatic heterocycles. The van der Waals surface area contributed by atoms with Crippen molar-refractivity contribution in [2.45, 2.75) is 12.1 Å². The lowest BCUT2D eigenvalue weighted by Crippen LogP contribution is -1.70. The molecule has 0 spiro atoms. The second-order valence-electron chi connectivity index (χ2n) is 1.06. The van der Waals surface area contributed by atoms with E-state index in [4.69, 9.17) is 0 Å². The van der Waals surface area contributed by atoms with Gasteiger partial charge in [0, 0.05) is 5.75 Å². The fourth-order valence-corrected chi connectivity index (χ4v) is 0.712. The van der Waals surface area contributed by atoms with Crippen LogP contribution in [0.5, 0.6) is 0 Å². The van der Waals surface area contributed by atoms with Crippen LogP contribution < -0.4 is 0 Å². The maximum absolute atomic E-state index is 3.62. The zero-order valence-electron chi connectivity index (χ0n) is 4.33. The molecule has 5 heteroatoms. The van der Waals surface area contributed by atoms with Gasteiger partial charge < -0.3 is 0 Å². The Bertz CT molecular complexity index is 137. The summed E-state index contributed by atoms with van der Waals surface area (Å²) in [6, 6.07) is 0. The van der Waals surface area contributed by atoms with Gasteiger partial charge in [-0.1, -0.05) is 18.7 Å². The summed E-state index contributed by atoms with van der Waals surface area (Å²) in [4.78, 5) is 0. The molecule has 0 unspecified atom stereocenters. The van der Waals surface area contributed by atoms with E-state index in [2.05, 4.69) is 20.6 Å². The van der Waals surface area contributed by atoms with Gasteiger partial charge in [0.2, 0.25) is 5.16 Å². The summed E-state index contributed by atoms with van der Waals surface area (Å²) in [6.45, 7) is 1.92. The quantitative estimate of drug-likeness (QED) is 0.590. The molecular formula is C3H5N4S. The zero-order chi connectivity index (χ0) is 5.82. The van der Waals surface area contributed by atoms with Gasteiger partial charge in [0.15, 0.2) is 0 Å². The molecule has 0 aromatic carbocycles. The Hall–Kier alpha value is -0.580. The molecular weight excluding hydrogens is 124 g/mol. The van der Waals surface area contributed by atoms with E-state index in [-0.39, 0.29) is 0 Å². The van der Waals surface area contributed by atoms with Crippen LogP contribution >= 0.6 is 11.8 Å². The molecule has 1 N–H and O–H groups in total. The Kier molecular flexibility index (Phi) is 1.85. The van der Waals surface area contributed by atoms with Crippen LogP contribution in [0.3, 0.4) is 0 Å². The van der Waals surface area contributed by atoms with E-state index in [1.807, 2.05) is 12.7 Å². The van der Waals surface area contributed by atoms with Crippen LogP contribution in [-0.2, 0) is 0 Å². The van der Waals surface area contributed by atoms with Crippen LogP contribution in [-0.4, -0.2) is 20.6 Å². The van der Waals surface area contributed by atoms with Gasteiger partial charge in [0.25, 0.3) is 0 Å². The number of nitrogens with one attached hydrogen (secondary N) is 1. The standard InChI is InChI=1S/C3H5N4S/c1-2-8-3-4-6-7-5-3/h2H,1H3,(H,4,5,6,7). The van der Waals surface area contributed by atoms with Gasteiger partial charge in [-0.3, -0.25) is 0 Å². The summed E-state index contributed by atoms with van der Waals surface area (Å²) in [5, 5.41) is 13.7. The molecule has 0 fully saturated rings. The molecule has 1 aromatic rings. The highest BCUT2D eigenvalue weighted by atomic mass is 32.2. The topological polar surface area (TPSA) is 54.5 Å². The van der Waals surface area contributed by atoms with Gasteiger partial charge >= 0.3 is 0 Å². The molecule has 8 heavy (non-hydrogen) atoms. The smallest absolute Gasteiger partial charge is 0.206 e. The minimum absolute atomic E-state index is 0.729. The van der Waals surface area contributed by atoms with Crippen molar-refractivity contribution in [1.29, 1.82) is 0 Å². The number of aromatic nitrogens is 4. The van der Waals surface area contributed by atoms with Crippen LogP contribution in [0.4, 0.5) is 0 Å². The molecule has 1 radical (unpaired) electrons. The van der Waals surface area contributed by atoms with Gasteiger partial charge in [0.1, 0.15) is 0 Å². The second kappa shape index (κ2) is 2.66. The first-order valence-corrected chi connectivity index (χ1v) is 2.99. The van der Waals surface area contributed by atoms with Crippen molar-refractivity contribution in [3.05, 3.63) is 5.75 Å². The summed E-state index contributed by atoms with van der Waals surface area (Å²) in [5.74, 6) is 1.90. The third-order valence-electron chi connectivity index (χ3n) is 0.555. The highest BCUT2D eigenvalue weighted by Crippen LogP contribution is 2.11. The average Bonchev–Trinajstić information content (AvgIpc) is 2.19. The van der Waals surface area contributed by atoms with Crippen molar-refractivity contribution in [1.82, 2.24) is 20.6 Å². The summed E-state index contributed by atoms with van der Waals surface area (Å²) < 4.78 is 0. The predicted octanol–water partition coefficient (Wildman–Crippen LogP) is 0.473. The van der Waals surface area contributed by atoms with Crippen LogP contribution in [0.15, 0.2) is 5.16 Å². The Labute approximate surface area is 51.1 Å². The molecule has 0 aliphatic heterocycles. The molecule has 0 aliphatic rings. The van der Waals surface area contributed by atoms with E-state index in [0.717, 1.165) is 5.16 Å². The number of hydrogen-bond acceptors (Lipinski definition) is 4. The molecule has 4 nitrogen and oxygen atoms in total. The third kappa shape index (κ3) is 1.19. The van der Waals surface area contributed by atoms with Gasteiger partial charge in [-0.2, -0.15) is 0 Å². The van der Waals surface area contributed by atoms with Gasteiger partial charge in [0.05, 0.1) is 0 Å². The molecule has 0 saturated carbocycles. The molecule has 0 amide bonds. The van der Waals surface area contributed by atoms with Crippen molar-refractivity contribution in [2.24, 2.45) is 0 Å². The van der Waals surface area contributed by atoms with Gasteiger partial charge in [-0.15, -0.1) is 5.10 Å². The lowest BCUT2D eigenvalue weighted by atomic mass is 11.0. The largest absolute Gasteiger partial charge is 0.234 e. The van der Waals surface area contributed by atoms with Crippen molar-refractivity contribution >= 4 is 11.8 Å². The second-order valence-corrected chi connectivity index (χ2v) is 2.15. The summed E-state index contributed by atoms with van der Waals surface area (Å²) in [7, 11) is 0. The number of aromatic amines is 1.